The molecule has 3 nitrogen and oxygen atoms in total. The zero-order valence-electron chi connectivity index (χ0n) is 10.0. The van der Waals surface area contributed by atoms with Crippen LogP contribution in [0, 0.1) is 5.82 Å². The Kier molecular flexibility index (Phi) is 4.66. The Hall–Kier alpha value is -1.46. The van der Waals surface area contributed by atoms with Gasteiger partial charge in [-0.15, -0.1) is 11.8 Å². The topological polar surface area (TPSA) is 37.8 Å². The summed E-state index contributed by atoms with van der Waals surface area (Å²) >= 11 is 1.60. The lowest BCUT2D eigenvalue weighted by Gasteiger charge is -2.15. The van der Waals surface area contributed by atoms with Crippen molar-refractivity contribution >= 4 is 11.8 Å². The first kappa shape index (κ1) is 13.0. The highest BCUT2D eigenvalue weighted by Crippen LogP contribution is 2.24. The number of nitrogens with one attached hydrogen (secondary N) is 1. The molecule has 1 aromatic heterocycles. The molecular weight excluding hydrogens is 249 g/mol. The average Bonchev–Trinajstić information content (AvgIpc) is 2.41. The Balaban J connectivity index is 2.00. The second-order valence-electron chi connectivity index (χ2n) is 3.78. The van der Waals surface area contributed by atoms with Crippen molar-refractivity contribution in [3.8, 4) is 0 Å². The summed E-state index contributed by atoms with van der Waals surface area (Å²) in [6, 6.07) is 6.77. The van der Waals surface area contributed by atoms with E-state index in [4.69, 9.17) is 0 Å². The number of halogens is 1. The van der Waals surface area contributed by atoms with Crippen LogP contribution in [0.25, 0.3) is 0 Å². The highest BCUT2D eigenvalue weighted by Gasteiger charge is 2.10. The lowest BCUT2D eigenvalue weighted by molar-refractivity contribution is 0.624. The van der Waals surface area contributed by atoms with E-state index < -0.39 is 0 Å². The number of nitrogens with zero attached hydrogens (tertiary/aromatic N) is 2. The van der Waals surface area contributed by atoms with E-state index in [-0.39, 0.29) is 11.9 Å². The van der Waals surface area contributed by atoms with Gasteiger partial charge in [-0.3, -0.25) is 0 Å². The zero-order chi connectivity index (χ0) is 12.8. The fourth-order valence-electron chi connectivity index (χ4n) is 1.57. The number of hydrogen-bond acceptors (Lipinski definition) is 4. The predicted molar refractivity (Wildman–Crippen MR) is 71.0 cm³/mol. The molecule has 1 unspecified atom stereocenters. The van der Waals surface area contributed by atoms with Gasteiger partial charge in [0.25, 0.3) is 0 Å². The number of rotatable bonds is 5. The minimum absolute atomic E-state index is 0.152. The molecule has 0 aliphatic heterocycles. The molecule has 0 amide bonds. The molecular formula is C13H14FN3S. The molecule has 94 valence electrons. The number of aromatic nitrogens is 2. The molecule has 2 rings (SSSR count). The van der Waals surface area contributed by atoms with Crippen LogP contribution in [0.2, 0.25) is 0 Å². The second kappa shape index (κ2) is 6.47. The van der Waals surface area contributed by atoms with Gasteiger partial charge in [-0.05, 0) is 25.2 Å². The number of hydrogen-bond donors (Lipinski definition) is 1. The van der Waals surface area contributed by atoms with Gasteiger partial charge in [-0.2, -0.15) is 0 Å². The molecule has 1 atom stereocenters. The zero-order valence-corrected chi connectivity index (χ0v) is 10.8. The van der Waals surface area contributed by atoms with E-state index in [9.17, 15) is 4.39 Å². The number of thioether (sulfide) groups is 1. The Labute approximate surface area is 110 Å². The standard InChI is InChI=1S/C13H14FN3S/c1-15-13(10-6-16-9-17-7-10)8-18-12-4-2-3-11(14)5-12/h2-7,9,13,15H,8H2,1H3. The van der Waals surface area contributed by atoms with Crippen LogP contribution in [0.15, 0.2) is 47.9 Å². The van der Waals surface area contributed by atoms with Crippen LogP contribution in [0.4, 0.5) is 4.39 Å². The van der Waals surface area contributed by atoms with E-state index in [1.54, 1.807) is 36.3 Å². The summed E-state index contributed by atoms with van der Waals surface area (Å²) in [6.07, 6.45) is 5.09. The maximum absolute atomic E-state index is 13.0. The van der Waals surface area contributed by atoms with E-state index in [1.165, 1.54) is 12.4 Å². The van der Waals surface area contributed by atoms with Crippen molar-refractivity contribution in [1.82, 2.24) is 15.3 Å². The molecule has 0 aliphatic rings. The quantitative estimate of drug-likeness (QED) is 0.842. The van der Waals surface area contributed by atoms with Gasteiger partial charge in [0.2, 0.25) is 0 Å². The van der Waals surface area contributed by atoms with E-state index in [0.717, 1.165) is 16.2 Å². The minimum atomic E-state index is -0.205. The summed E-state index contributed by atoms with van der Waals surface area (Å²) in [4.78, 5) is 8.93. The van der Waals surface area contributed by atoms with E-state index in [2.05, 4.69) is 15.3 Å². The van der Waals surface area contributed by atoms with Crippen molar-refractivity contribution in [3.63, 3.8) is 0 Å². The van der Waals surface area contributed by atoms with Gasteiger partial charge in [0.1, 0.15) is 12.1 Å². The highest BCUT2D eigenvalue weighted by atomic mass is 32.2. The molecule has 18 heavy (non-hydrogen) atoms. The SMILES string of the molecule is CNC(CSc1cccc(F)c1)c1cncnc1. The van der Waals surface area contributed by atoms with Crippen molar-refractivity contribution in [2.75, 3.05) is 12.8 Å². The first-order valence-corrected chi connectivity index (χ1v) is 6.58. The van der Waals surface area contributed by atoms with Crippen molar-refractivity contribution < 1.29 is 4.39 Å². The molecule has 0 saturated carbocycles. The molecule has 5 heteroatoms. The van der Waals surface area contributed by atoms with E-state index in [1.807, 2.05) is 13.1 Å². The molecule has 0 fully saturated rings. The fraction of sp³-hybridized carbons (Fsp3) is 0.231. The van der Waals surface area contributed by atoms with Crippen molar-refractivity contribution in [2.45, 2.75) is 10.9 Å². The molecule has 0 radical (unpaired) electrons. The minimum Gasteiger partial charge on any atom is -0.312 e. The van der Waals surface area contributed by atoms with Gasteiger partial charge in [0.05, 0.1) is 0 Å². The normalized spacial score (nSPS) is 12.3. The number of benzene rings is 1. The summed E-state index contributed by atoms with van der Waals surface area (Å²) < 4.78 is 13.0. The molecule has 1 aromatic carbocycles. The Morgan fingerprint density at radius 2 is 2.11 bits per heavy atom. The van der Waals surface area contributed by atoms with Gasteiger partial charge in [-0.25, -0.2) is 14.4 Å². The van der Waals surface area contributed by atoms with Gasteiger partial charge in [-0.1, -0.05) is 6.07 Å². The van der Waals surface area contributed by atoms with Crippen LogP contribution >= 0.6 is 11.8 Å². The summed E-state index contributed by atoms with van der Waals surface area (Å²) in [7, 11) is 1.89. The summed E-state index contributed by atoms with van der Waals surface area (Å²) in [5.41, 5.74) is 1.03. The maximum atomic E-state index is 13.0. The molecule has 2 aromatic rings. The van der Waals surface area contributed by atoms with E-state index >= 15 is 0 Å². The van der Waals surface area contributed by atoms with Crippen LogP contribution in [0.3, 0.4) is 0 Å². The summed E-state index contributed by atoms with van der Waals surface area (Å²) in [6.45, 7) is 0. The Morgan fingerprint density at radius 1 is 1.33 bits per heavy atom. The van der Waals surface area contributed by atoms with Gasteiger partial charge >= 0.3 is 0 Å². The molecule has 0 aliphatic carbocycles. The molecule has 0 saturated heterocycles. The van der Waals surface area contributed by atoms with Crippen LogP contribution in [-0.4, -0.2) is 22.8 Å². The molecule has 0 spiro atoms. The van der Waals surface area contributed by atoms with Gasteiger partial charge < -0.3 is 5.32 Å². The molecule has 1 N–H and O–H groups in total. The lowest BCUT2D eigenvalue weighted by Crippen LogP contribution is -2.19. The third kappa shape index (κ3) is 3.51. The van der Waals surface area contributed by atoms with Gasteiger partial charge in [0, 0.05) is 34.6 Å². The summed E-state index contributed by atoms with van der Waals surface area (Å²) in [5, 5.41) is 3.21. The second-order valence-corrected chi connectivity index (χ2v) is 4.87. The monoisotopic (exact) mass is 263 g/mol. The van der Waals surface area contributed by atoms with E-state index in [0.29, 0.717) is 0 Å². The smallest absolute Gasteiger partial charge is 0.124 e. The third-order valence-electron chi connectivity index (χ3n) is 2.54. The van der Waals surface area contributed by atoms with Crippen molar-refractivity contribution in [2.24, 2.45) is 0 Å². The van der Waals surface area contributed by atoms with Crippen LogP contribution < -0.4 is 5.32 Å². The largest absolute Gasteiger partial charge is 0.312 e. The predicted octanol–water partition coefficient (Wildman–Crippen LogP) is 2.67. The molecule has 1 heterocycles. The Morgan fingerprint density at radius 3 is 2.78 bits per heavy atom. The maximum Gasteiger partial charge on any atom is 0.124 e. The van der Waals surface area contributed by atoms with Crippen LogP contribution in [0.5, 0.6) is 0 Å². The third-order valence-corrected chi connectivity index (χ3v) is 3.63. The molecule has 0 bridgehead atoms. The van der Waals surface area contributed by atoms with Gasteiger partial charge in [0.15, 0.2) is 0 Å². The first-order chi connectivity index (χ1) is 8.79. The highest BCUT2D eigenvalue weighted by molar-refractivity contribution is 7.99. The average molecular weight is 263 g/mol. The van der Waals surface area contributed by atoms with Crippen LogP contribution in [-0.2, 0) is 0 Å². The van der Waals surface area contributed by atoms with Crippen LogP contribution in [0.1, 0.15) is 11.6 Å². The van der Waals surface area contributed by atoms with Crippen molar-refractivity contribution in [3.05, 3.63) is 54.4 Å². The summed E-state index contributed by atoms with van der Waals surface area (Å²) in [5.74, 6) is 0.594. The fourth-order valence-corrected chi connectivity index (χ4v) is 2.66. The van der Waals surface area contributed by atoms with Crippen molar-refractivity contribution in [1.29, 1.82) is 0 Å². The Bertz CT molecular complexity index is 493. The lowest BCUT2D eigenvalue weighted by atomic mass is 10.2. The first-order valence-electron chi connectivity index (χ1n) is 5.60.